The molecule has 3 aromatic rings. The molecule has 0 radical (unpaired) electrons. The van der Waals surface area contributed by atoms with Crippen molar-refractivity contribution in [2.24, 2.45) is 5.92 Å². The van der Waals surface area contributed by atoms with E-state index in [1.54, 1.807) is 13.8 Å². The minimum absolute atomic E-state index is 0.105. The SMILES string of the molecule is CCOC(=O)C1=C(C)NC(c2ccccc2)=C(C(=O)OCc2ccccc2C)[C@@H]1C#Cc1ccccc1. The summed E-state index contributed by atoms with van der Waals surface area (Å²) in [5.74, 6) is 4.42. The second-order valence-electron chi connectivity index (χ2n) is 8.61. The number of dihydropyridines is 1. The molecule has 0 spiro atoms. The second kappa shape index (κ2) is 11.9. The third kappa shape index (κ3) is 5.99. The number of ether oxygens (including phenoxy) is 2. The minimum Gasteiger partial charge on any atom is -0.463 e. The summed E-state index contributed by atoms with van der Waals surface area (Å²) in [4.78, 5) is 26.9. The Hall–Kier alpha value is -4.56. The number of carbonyl (C=O) groups excluding carboxylic acids is 2. The Balaban J connectivity index is 1.83. The highest BCUT2D eigenvalue weighted by Crippen LogP contribution is 2.35. The number of hydrogen-bond acceptors (Lipinski definition) is 5. The van der Waals surface area contributed by atoms with Crippen molar-refractivity contribution in [2.75, 3.05) is 6.61 Å². The summed E-state index contributed by atoms with van der Waals surface area (Å²) in [5.41, 5.74) is 5.22. The molecule has 3 aromatic carbocycles. The molecule has 0 saturated heterocycles. The van der Waals surface area contributed by atoms with Crippen LogP contribution < -0.4 is 5.32 Å². The highest BCUT2D eigenvalue weighted by molar-refractivity contribution is 6.04. The van der Waals surface area contributed by atoms with Gasteiger partial charge in [-0.05, 0) is 49.6 Å². The van der Waals surface area contributed by atoms with E-state index in [9.17, 15) is 9.59 Å². The quantitative estimate of drug-likeness (QED) is 0.361. The molecule has 0 fully saturated rings. The topological polar surface area (TPSA) is 64.6 Å². The molecule has 5 nitrogen and oxygen atoms in total. The zero-order valence-electron chi connectivity index (χ0n) is 21.2. The lowest BCUT2D eigenvalue weighted by Crippen LogP contribution is -2.33. The van der Waals surface area contributed by atoms with E-state index in [2.05, 4.69) is 17.2 Å². The molecule has 1 aliphatic heterocycles. The molecular weight excluding hydrogens is 462 g/mol. The van der Waals surface area contributed by atoms with E-state index in [1.165, 1.54) is 0 Å². The second-order valence-corrected chi connectivity index (χ2v) is 8.61. The van der Waals surface area contributed by atoms with Gasteiger partial charge in [-0.1, -0.05) is 84.6 Å². The molecule has 37 heavy (non-hydrogen) atoms. The van der Waals surface area contributed by atoms with Crippen molar-refractivity contribution in [2.45, 2.75) is 27.4 Å². The van der Waals surface area contributed by atoms with Crippen molar-refractivity contribution in [1.29, 1.82) is 0 Å². The first-order valence-electron chi connectivity index (χ1n) is 12.2. The lowest BCUT2D eigenvalue weighted by Gasteiger charge is -2.29. The van der Waals surface area contributed by atoms with Crippen LogP contribution in [-0.2, 0) is 25.7 Å². The van der Waals surface area contributed by atoms with Gasteiger partial charge in [0.1, 0.15) is 6.61 Å². The maximum Gasteiger partial charge on any atom is 0.338 e. The van der Waals surface area contributed by atoms with Crippen LogP contribution in [0.5, 0.6) is 0 Å². The molecule has 186 valence electrons. The van der Waals surface area contributed by atoms with Gasteiger partial charge in [-0.2, -0.15) is 0 Å². The third-order valence-corrected chi connectivity index (χ3v) is 6.10. The highest BCUT2D eigenvalue weighted by atomic mass is 16.5. The maximum atomic E-state index is 13.8. The minimum atomic E-state index is -0.847. The van der Waals surface area contributed by atoms with Gasteiger partial charge >= 0.3 is 11.9 Å². The van der Waals surface area contributed by atoms with Crippen LogP contribution in [0.2, 0.25) is 0 Å². The van der Waals surface area contributed by atoms with Gasteiger partial charge in [0, 0.05) is 11.3 Å². The van der Waals surface area contributed by atoms with Crippen molar-refractivity contribution in [3.63, 3.8) is 0 Å². The lowest BCUT2D eigenvalue weighted by atomic mass is 9.84. The Labute approximate surface area is 217 Å². The standard InChI is InChI=1S/C32H29NO4/c1-4-36-31(34)28-23(3)33-30(25-16-9-6-10-17-25)29(27(28)20-19-24-14-7-5-8-15-24)32(35)37-21-26-18-12-11-13-22(26)2/h5-18,27,33H,4,21H2,1-3H3/t27-/m1/s1. The molecule has 0 unspecified atom stereocenters. The fraction of sp³-hybridized carbons (Fsp3) is 0.188. The number of hydrogen-bond donors (Lipinski definition) is 1. The molecule has 1 heterocycles. The van der Waals surface area contributed by atoms with Gasteiger partial charge in [-0.25, -0.2) is 9.59 Å². The van der Waals surface area contributed by atoms with E-state index < -0.39 is 17.9 Å². The van der Waals surface area contributed by atoms with E-state index >= 15 is 0 Å². The van der Waals surface area contributed by atoms with Gasteiger partial charge in [0.15, 0.2) is 0 Å². The van der Waals surface area contributed by atoms with Crippen molar-refractivity contribution in [1.82, 2.24) is 5.32 Å². The van der Waals surface area contributed by atoms with Crippen LogP contribution in [0.15, 0.2) is 102 Å². The molecule has 0 aliphatic carbocycles. The van der Waals surface area contributed by atoms with Gasteiger partial charge in [-0.15, -0.1) is 0 Å². The maximum absolute atomic E-state index is 13.8. The molecule has 0 aromatic heterocycles. The van der Waals surface area contributed by atoms with Gasteiger partial charge < -0.3 is 14.8 Å². The average Bonchev–Trinajstić information content (AvgIpc) is 2.92. The Morgan fingerprint density at radius 1 is 0.811 bits per heavy atom. The van der Waals surface area contributed by atoms with Crippen molar-refractivity contribution in [3.05, 3.63) is 124 Å². The fourth-order valence-electron chi connectivity index (χ4n) is 4.17. The first-order chi connectivity index (χ1) is 18.0. The van der Waals surface area contributed by atoms with E-state index in [-0.39, 0.29) is 18.8 Å². The van der Waals surface area contributed by atoms with Crippen LogP contribution in [0.25, 0.3) is 5.70 Å². The van der Waals surface area contributed by atoms with Crippen LogP contribution in [0, 0.1) is 24.7 Å². The Bertz CT molecular complexity index is 1410. The summed E-state index contributed by atoms with van der Waals surface area (Å²) in [6.07, 6.45) is 0. The van der Waals surface area contributed by atoms with Crippen LogP contribution in [0.1, 0.15) is 36.1 Å². The Morgan fingerprint density at radius 3 is 2.11 bits per heavy atom. The monoisotopic (exact) mass is 491 g/mol. The van der Waals surface area contributed by atoms with Crippen molar-refractivity contribution < 1.29 is 19.1 Å². The molecule has 1 aliphatic rings. The number of nitrogens with one attached hydrogen (secondary N) is 1. The van der Waals surface area contributed by atoms with Crippen LogP contribution >= 0.6 is 0 Å². The number of rotatable bonds is 6. The summed E-state index contributed by atoms with van der Waals surface area (Å²) in [7, 11) is 0. The van der Waals surface area contributed by atoms with E-state index in [0.29, 0.717) is 17.0 Å². The normalized spacial score (nSPS) is 14.8. The lowest BCUT2D eigenvalue weighted by molar-refractivity contribution is -0.140. The molecule has 1 atom stereocenters. The number of esters is 2. The van der Waals surface area contributed by atoms with Crippen LogP contribution in [-0.4, -0.2) is 18.5 Å². The third-order valence-electron chi connectivity index (χ3n) is 6.10. The summed E-state index contributed by atoms with van der Waals surface area (Å²) < 4.78 is 11.2. The summed E-state index contributed by atoms with van der Waals surface area (Å²) in [5, 5.41) is 3.28. The zero-order valence-corrected chi connectivity index (χ0v) is 21.2. The first-order valence-corrected chi connectivity index (χ1v) is 12.2. The van der Waals surface area contributed by atoms with Crippen LogP contribution in [0.4, 0.5) is 0 Å². The average molecular weight is 492 g/mol. The molecule has 0 amide bonds. The largest absolute Gasteiger partial charge is 0.463 e. The fourth-order valence-corrected chi connectivity index (χ4v) is 4.17. The van der Waals surface area contributed by atoms with Gasteiger partial charge in [-0.3, -0.25) is 0 Å². The molecule has 4 rings (SSSR count). The number of carbonyl (C=O) groups is 2. The first kappa shape index (κ1) is 25.5. The van der Waals surface area contributed by atoms with E-state index in [1.807, 2.05) is 91.9 Å². The highest BCUT2D eigenvalue weighted by Gasteiger charge is 2.37. The molecule has 5 heteroatoms. The van der Waals surface area contributed by atoms with Crippen LogP contribution in [0.3, 0.4) is 0 Å². The number of aryl methyl sites for hydroxylation is 1. The summed E-state index contributed by atoms with van der Waals surface area (Å²) >= 11 is 0. The molecule has 1 N–H and O–H groups in total. The number of benzene rings is 3. The van der Waals surface area contributed by atoms with Gasteiger partial charge in [0.05, 0.1) is 29.4 Å². The van der Waals surface area contributed by atoms with Gasteiger partial charge in [0.25, 0.3) is 0 Å². The predicted octanol–water partition coefficient (Wildman–Crippen LogP) is 5.56. The number of allylic oxidation sites excluding steroid dienone is 1. The molecular formula is C32H29NO4. The van der Waals surface area contributed by atoms with Gasteiger partial charge in [0.2, 0.25) is 0 Å². The summed E-state index contributed by atoms with van der Waals surface area (Å²) in [6.45, 7) is 5.82. The van der Waals surface area contributed by atoms with Crippen molar-refractivity contribution in [3.8, 4) is 11.8 Å². The summed E-state index contributed by atoms with van der Waals surface area (Å²) in [6, 6.07) is 26.7. The zero-order chi connectivity index (χ0) is 26.2. The molecule has 0 bridgehead atoms. The molecule has 0 saturated carbocycles. The Kier molecular flexibility index (Phi) is 8.22. The van der Waals surface area contributed by atoms with E-state index in [4.69, 9.17) is 9.47 Å². The smallest absolute Gasteiger partial charge is 0.338 e. The Morgan fingerprint density at radius 2 is 1.43 bits per heavy atom. The predicted molar refractivity (Wildman–Crippen MR) is 144 cm³/mol. The van der Waals surface area contributed by atoms with Crippen molar-refractivity contribution >= 4 is 17.6 Å². The van der Waals surface area contributed by atoms with E-state index in [0.717, 1.165) is 22.3 Å².